The minimum atomic E-state index is -0.0280. The van der Waals surface area contributed by atoms with Gasteiger partial charge in [-0.25, -0.2) is 4.98 Å². The van der Waals surface area contributed by atoms with Crippen LogP contribution in [0.15, 0.2) is 41.9 Å². The number of aromatic nitrogens is 2. The van der Waals surface area contributed by atoms with Gasteiger partial charge in [-0.2, -0.15) is 0 Å². The molecule has 0 radical (unpaired) electrons. The van der Waals surface area contributed by atoms with Gasteiger partial charge in [0.15, 0.2) is 11.7 Å². The molecule has 23 heavy (non-hydrogen) atoms. The highest BCUT2D eigenvalue weighted by atomic mass is 127. The number of ketones is 1. The van der Waals surface area contributed by atoms with Crippen LogP contribution in [0.1, 0.15) is 21.7 Å². The van der Waals surface area contributed by atoms with Crippen molar-refractivity contribution in [3.05, 3.63) is 62.4 Å². The number of hydrogen-bond donors (Lipinski definition) is 0. The van der Waals surface area contributed by atoms with Crippen LogP contribution in [0.5, 0.6) is 5.75 Å². The maximum atomic E-state index is 12.5. The number of Topliss-reactive ketones (excluding diaryl/α,β-unsaturated/α-hetero) is 1. The number of carbonyl (C=O) groups excluding carboxylic acids is 1. The molecule has 0 unspecified atom stereocenters. The molecule has 0 aliphatic carbocycles. The second kappa shape index (κ2) is 6.84. The fourth-order valence-electron chi connectivity index (χ4n) is 2.45. The third kappa shape index (κ3) is 3.48. The van der Waals surface area contributed by atoms with E-state index in [1.54, 1.807) is 17.5 Å². The number of ether oxygens (including phenoxy) is 1. The van der Waals surface area contributed by atoms with Gasteiger partial charge in [-0.05, 0) is 60.7 Å². The number of aryl methyl sites for hydroxylation is 1. The Balaban J connectivity index is 1.79. The molecule has 0 aliphatic heterocycles. The summed E-state index contributed by atoms with van der Waals surface area (Å²) >= 11 is 3.77. The van der Waals surface area contributed by atoms with Crippen LogP contribution in [0.25, 0.3) is 5.13 Å². The van der Waals surface area contributed by atoms with Crippen LogP contribution in [0, 0.1) is 17.4 Å². The fraction of sp³-hybridized carbons (Fsp3) is 0.176. The summed E-state index contributed by atoms with van der Waals surface area (Å²) in [6, 6.07) is 9.56. The Bertz CT molecular complexity index is 840. The summed E-state index contributed by atoms with van der Waals surface area (Å²) in [6.45, 7) is 3.95. The highest BCUT2D eigenvalue weighted by Crippen LogP contribution is 2.23. The minimum Gasteiger partial charge on any atom is -0.485 e. The molecule has 1 aromatic carbocycles. The number of nitrogens with zero attached hydrogens (tertiary/aromatic N) is 2. The van der Waals surface area contributed by atoms with E-state index in [2.05, 4.69) is 27.6 Å². The van der Waals surface area contributed by atoms with Gasteiger partial charge in [0.05, 0.1) is 0 Å². The Labute approximate surface area is 152 Å². The van der Waals surface area contributed by atoms with Gasteiger partial charge in [-0.3, -0.25) is 9.36 Å². The number of rotatable bonds is 5. The van der Waals surface area contributed by atoms with Crippen LogP contribution >= 0.6 is 33.9 Å². The lowest BCUT2D eigenvalue weighted by Gasteiger charge is -2.07. The molecule has 118 valence electrons. The topological polar surface area (TPSA) is 44.1 Å². The summed E-state index contributed by atoms with van der Waals surface area (Å²) < 4.78 is 8.70. The summed E-state index contributed by atoms with van der Waals surface area (Å²) in [4.78, 5) is 16.8. The van der Waals surface area contributed by atoms with Gasteiger partial charge in [0.25, 0.3) is 0 Å². The molecule has 0 N–H and O–H groups in total. The molecule has 0 saturated heterocycles. The second-order valence-corrected chi connectivity index (χ2v) is 7.22. The van der Waals surface area contributed by atoms with Gasteiger partial charge in [-0.1, -0.05) is 6.07 Å². The van der Waals surface area contributed by atoms with Crippen molar-refractivity contribution >= 4 is 39.7 Å². The van der Waals surface area contributed by atoms with E-state index in [-0.39, 0.29) is 12.4 Å². The molecule has 6 heteroatoms. The van der Waals surface area contributed by atoms with E-state index in [4.69, 9.17) is 4.74 Å². The molecule has 2 aromatic heterocycles. The zero-order valence-corrected chi connectivity index (χ0v) is 15.7. The first-order valence-corrected chi connectivity index (χ1v) is 9.02. The Morgan fingerprint density at radius 2 is 2.17 bits per heavy atom. The van der Waals surface area contributed by atoms with Crippen LogP contribution in [-0.4, -0.2) is 21.9 Å². The van der Waals surface area contributed by atoms with Gasteiger partial charge in [0.1, 0.15) is 5.75 Å². The Morgan fingerprint density at radius 3 is 2.87 bits per heavy atom. The third-order valence-corrected chi connectivity index (χ3v) is 4.94. The lowest BCUT2D eigenvalue weighted by Crippen LogP contribution is -2.12. The molecule has 0 saturated carbocycles. The molecule has 0 spiro atoms. The van der Waals surface area contributed by atoms with Gasteiger partial charge in [0, 0.05) is 32.1 Å². The molecule has 3 rings (SSSR count). The van der Waals surface area contributed by atoms with E-state index in [9.17, 15) is 4.79 Å². The number of benzene rings is 1. The average molecular weight is 438 g/mol. The number of carbonyl (C=O) groups is 1. The quantitative estimate of drug-likeness (QED) is 0.438. The summed E-state index contributed by atoms with van der Waals surface area (Å²) in [7, 11) is 0. The zero-order chi connectivity index (χ0) is 16.4. The van der Waals surface area contributed by atoms with Crippen LogP contribution < -0.4 is 4.74 Å². The van der Waals surface area contributed by atoms with E-state index >= 15 is 0 Å². The monoisotopic (exact) mass is 438 g/mol. The summed E-state index contributed by atoms with van der Waals surface area (Å²) in [5.74, 6) is 0.679. The first-order chi connectivity index (χ1) is 11.1. The number of halogens is 1. The van der Waals surface area contributed by atoms with Crippen molar-refractivity contribution in [3.63, 3.8) is 0 Å². The molecule has 0 atom stereocenters. The second-order valence-electron chi connectivity index (χ2n) is 5.10. The van der Waals surface area contributed by atoms with E-state index in [1.165, 1.54) is 0 Å². The summed E-state index contributed by atoms with van der Waals surface area (Å²) in [5, 5.41) is 2.80. The van der Waals surface area contributed by atoms with Crippen molar-refractivity contribution in [1.82, 2.24) is 9.55 Å². The van der Waals surface area contributed by atoms with Crippen LogP contribution in [0.3, 0.4) is 0 Å². The van der Waals surface area contributed by atoms with Crippen molar-refractivity contribution in [2.75, 3.05) is 6.61 Å². The zero-order valence-electron chi connectivity index (χ0n) is 12.7. The summed E-state index contributed by atoms with van der Waals surface area (Å²) in [5.41, 5.74) is 2.58. The first kappa shape index (κ1) is 16.2. The molecular formula is C17H15IN2O2S. The highest BCUT2D eigenvalue weighted by molar-refractivity contribution is 14.1. The molecule has 0 aliphatic rings. The van der Waals surface area contributed by atoms with Gasteiger partial charge >= 0.3 is 0 Å². The molecule has 3 aromatic rings. The van der Waals surface area contributed by atoms with E-state index < -0.39 is 0 Å². The highest BCUT2D eigenvalue weighted by Gasteiger charge is 2.18. The normalized spacial score (nSPS) is 10.7. The molecule has 4 nitrogen and oxygen atoms in total. The van der Waals surface area contributed by atoms with Gasteiger partial charge in [-0.15, -0.1) is 11.3 Å². The van der Waals surface area contributed by atoms with Crippen LogP contribution in [-0.2, 0) is 0 Å². The maximum absolute atomic E-state index is 12.5. The smallest absolute Gasteiger partial charge is 0.202 e. The lowest BCUT2D eigenvalue weighted by atomic mass is 10.1. The molecular weight excluding hydrogens is 423 g/mol. The maximum Gasteiger partial charge on any atom is 0.202 e. The van der Waals surface area contributed by atoms with Crippen molar-refractivity contribution in [2.24, 2.45) is 0 Å². The summed E-state index contributed by atoms with van der Waals surface area (Å²) in [6.07, 6.45) is 1.76. The van der Waals surface area contributed by atoms with Crippen molar-refractivity contribution in [3.8, 4) is 10.9 Å². The van der Waals surface area contributed by atoms with Crippen LogP contribution in [0.2, 0.25) is 0 Å². The van der Waals surface area contributed by atoms with Gasteiger partial charge < -0.3 is 4.74 Å². The van der Waals surface area contributed by atoms with Crippen LogP contribution in [0.4, 0.5) is 0 Å². The van der Waals surface area contributed by atoms with E-state index in [1.807, 2.05) is 54.1 Å². The third-order valence-electron chi connectivity index (χ3n) is 3.51. The fourth-order valence-corrected chi connectivity index (χ4v) is 3.72. The lowest BCUT2D eigenvalue weighted by molar-refractivity contribution is 0.0921. The Morgan fingerprint density at radius 1 is 1.35 bits per heavy atom. The molecule has 2 heterocycles. The van der Waals surface area contributed by atoms with Crippen molar-refractivity contribution < 1.29 is 9.53 Å². The minimum absolute atomic E-state index is 0.0280. The van der Waals surface area contributed by atoms with E-state index in [0.717, 1.165) is 20.1 Å². The average Bonchev–Trinajstić information content (AvgIpc) is 3.13. The predicted octanol–water partition coefficient (Wildman–Crippen LogP) is 4.42. The number of hydrogen-bond acceptors (Lipinski definition) is 4. The van der Waals surface area contributed by atoms with Crippen molar-refractivity contribution in [2.45, 2.75) is 13.8 Å². The van der Waals surface area contributed by atoms with Gasteiger partial charge in [0.2, 0.25) is 5.78 Å². The molecule has 0 bridgehead atoms. The number of thiazole rings is 1. The SMILES string of the molecule is Cc1cc(C(=O)COc2cccc(I)c2)c(C)n1-c1nccs1. The Kier molecular flexibility index (Phi) is 4.82. The standard InChI is InChI=1S/C17H15IN2O2S/c1-11-8-15(12(2)20(11)17-19-6-7-23-17)16(21)10-22-14-5-3-4-13(18)9-14/h3-9H,10H2,1-2H3. The predicted molar refractivity (Wildman–Crippen MR) is 99.9 cm³/mol. The largest absolute Gasteiger partial charge is 0.485 e. The van der Waals surface area contributed by atoms with E-state index in [0.29, 0.717) is 11.3 Å². The molecule has 0 fully saturated rings. The first-order valence-electron chi connectivity index (χ1n) is 7.06. The Hall–Kier alpha value is -1.67. The molecule has 0 amide bonds. The van der Waals surface area contributed by atoms with Crippen molar-refractivity contribution in [1.29, 1.82) is 0 Å².